The molecule has 5 heteroatoms. The van der Waals surface area contributed by atoms with E-state index in [2.05, 4.69) is 5.32 Å². The van der Waals surface area contributed by atoms with E-state index in [0.717, 1.165) is 0 Å². The predicted molar refractivity (Wildman–Crippen MR) is 64.1 cm³/mol. The van der Waals surface area contributed by atoms with Gasteiger partial charge in [-0.2, -0.15) is 0 Å². The summed E-state index contributed by atoms with van der Waals surface area (Å²) in [7, 11) is 0. The molecular formula is C11H16ClFN2O. The summed E-state index contributed by atoms with van der Waals surface area (Å²) in [5, 5.41) is 2.70. The molecule has 0 aliphatic heterocycles. The van der Waals surface area contributed by atoms with Gasteiger partial charge in [-0.25, -0.2) is 4.39 Å². The van der Waals surface area contributed by atoms with Crippen LogP contribution in [0.25, 0.3) is 0 Å². The number of carbonyl (C=O) groups excluding carboxylic acids is 1. The van der Waals surface area contributed by atoms with E-state index in [-0.39, 0.29) is 30.9 Å². The highest BCUT2D eigenvalue weighted by molar-refractivity contribution is 5.95. The zero-order chi connectivity index (χ0) is 11.4. The number of nitrogens with one attached hydrogen (secondary N) is 1. The van der Waals surface area contributed by atoms with Gasteiger partial charge in [-0.05, 0) is 31.5 Å². The normalized spacial score (nSPS) is 9.81. The van der Waals surface area contributed by atoms with Crippen molar-refractivity contribution in [3.63, 3.8) is 0 Å². The SMILES string of the molecule is CC(C)NC(=O)c1cc(F)ccc1CN.Cl. The van der Waals surface area contributed by atoms with Crippen LogP contribution in [0.2, 0.25) is 0 Å². The highest BCUT2D eigenvalue weighted by Gasteiger charge is 2.12. The minimum Gasteiger partial charge on any atom is -0.350 e. The summed E-state index contributed by atoms with van der Waals surface area (Å²) in [6.07, 6.45) is 0. The molecule has 0 bridgehead atoms. The van der Waals surface area contributed by atoms with Crippen molar-refractivity contribution in [1.82, 2.24) is 5.32 Å². The van der Waals surface area contributed by atoms with Gasteiger partial charge in [0.1, 0.15) is 5.82 Å². The Labute approximate surface area is 101 Å². The summed E-state index contributed by atoms with van der Waals surface area (Å²) in [5.41, 5.74) is 6.43. The van der Waals surface area contributed by atoms with Crippen LogP contribution in [0.1, 0.15) is 29.8 Å². The average Bonchev–Trinajstić information content (AvgIpc) is 2.16. The summed E-state index contributed by atoms with van der Waals surface area (Å²) in [5.74, 6) is -0.717. The molecule has 0 saturated carbocycles. The number of halogens is 2. The molecule has 0 fully saturated rings. The van der Waals surface area contributed by atoms with E-state index < -0.39 is 5.82 Å². The van der Waals surface area contributed by atoms with Gasteiger partial charge in [-0.15, -0.1) is 12.4 Å². The lowest BCUT2D eigenvalue weighted by atomic mass is 10.1. The van der Waals surface area contributed by atoms with E-state index >= 15 is 0 Å². The number of hydrogen-bond donors (Lipinski definition) is 2. The first-order valence-corrected chi connectivity index (χ1v) is 4.84. The summed E-state index contributed by atoms with van der Waals surface area (Å²) in [4.78, 5) is 11.7. The molecule has 16 heavy (non-hydrogen) atoms. The number of hydrogen-bond acceptors (Lipinski definition) is 2. The maximum atomic E-state index is 13.0. The van der Waals surface area contributed by atoms with Crippen molar-refractivity contribution < 1.29 is 9.18 Å². The van der Waals surface area contributed by atoms with Gasteiger partial charge in [0.05, 0.1) is 0 Å². The lowest BCUT2D eigenvalue weighted by Crippen LogP contribution is -2.31. The Hall–Kier alpha value is -1.13. The second kappa shape index (κ2) is 6.45. The van der Waals surface area contributed by atoms with Crippen LogP contribution in [0.15, 0.2) is 18.2 Å². The minimum atomic E-state index is -0.430. The summed E-state index contributed by atoms with van der Waals surface area (Å²) < 4.78 is 13.0. The molecule has 1 amide bonds. The van der Waals surface area contributed by atoms with E-state index in [4.69, 9.17) is 5.73 Å². The minimum absolute atomic E-state index is 0. The molecule has 0 radical (unpaired) electrons. The molecule has 0 unspecified atom stereocenters. The molecule has 0 spiro atoms. The van der Waals surface area contributed by atoms with Gasteiger partial charge in [-0.1, -0.05) is 6.07 Å². The number of nitrogens with two attached hydrogens (primary N) is 1. The molecule has 90 valence electrons. The highest BCUT2D eigenvalue weighted by atomic mass is 35.5. The van der Waals surface area contributed by atoms with Crippen molar-refractivity contribution in [2.24, 2.45) is 5.73 Å². The fourth-order valence-corrected chi connectivity index (χ4v) is 1.28. The van der Waals surface area contributed by atoms with Crippen LogP contribution in [0.5, 0.6) is 0 Å². The monoisotopic (exact) mass is 246 g/mol. The number of amides is 1. The van der Waals surface area contributed by atoms with E-state index in [1.165, 1.54) is 18.2 Å². The quantitative estimate of drug-likeness (QED) is 0.855. The molecule has 0 aliphatic rings. The molecule has 1 aromatic carbocycles. The Morgan fingerprint density at radius 3 is 2.62 bits per heavy atom. The largest absolute Gasteiger partial charge is 0.350 e. The van der Waals surface area contributed by atoms with Gasteiger partial charge >= 0.3 is 0 Å². The van der Waals surface area contributed by atoms with E-state index in [1.807, 2.05) is 13.8 Å². The molecule has 0 saturated heterocycles. The maximum absolute atomic E-state index is 13.0. The second-order valence-electron chi connectivity index (χ2n) is 3.63. The van der Waals surface area contributed by atoms with Crippen molar-refractivity contribution in [2.75, 3.05) is 0 Å². The molecule has 3 N–H and O–H groups in total. The third kappa shape index (κ3) is 3.79. The molecule has 1 aromatic rings. The van der Waals surface area contributed by atoms with Gasteiger partial charge < -0.3 is 11.1 Å². The molecule has 3 nitrogen and oxygen atoms in total. The Balaban J connectivity index is 0.00000225. The molecular weight excluding hydrogens is 231 g/mol. The molecule has 0 atom stereocenters. The van der Waals surface area contributed by atoms with Gasteiger partial charge in [-0.3, -0.25) is 4.79 Å². The van der Waals surface area contributed by atoms with E-state index in [0.29, 0.717) is 11.1 Å². The van der Waals surface area contributed by atoms with E-state index in [9.17, 15) is 9.18 Å². The number of benzene rings is 1. The molecule has 0 aromatic heterocycles. The van der Waals surface area contributed by atoms with Crippen LogP contribution in [0.4, 0.5) is 4.39 Å². The molecule has 0 heterocycles. The zero-order valence-corrected chi connectivity index (χ0v) is 10.1. The van der Waals surface area contributed by atoms with Crippen LogP contribution in [0.3, 0.4) is 0 Å². The molecule has 0 aliphatic carbocycles. The van der Waals surface area contributed by atoms with Gasteiger partial charge in [0, 0.05) is 18.2 Å². The summed E-state index contributed by atoms with van der Waals surface area (Å²) in [6, 6.07) is 4.06. The number of carbonyl (C=O) groups is 1. The average molecular weight is 247 g/mol. The Morgan fingerprint density at radius 1 is 1.50 bits per heavy atom. The van der Waals surface area contributed by atoms with Crippen molar-refractivity contribution in [3.8, 4) is 0 Å². The van der Waals surface area contributed by atoms with Crippen molar-refractivity contribution >= 4 is 18.3 Å². The van der Waals surface area contributed by atoms with Gasteiger partial charge in [0.2, 0.25) is 0 Å². The van der Waals surface area contributed by atoms with Gasteiger partial charge in [0.15, 0.2) is 0 Å². The van der Waals surface area contributed by atoms with E-state index in [1.54, 1.807) is 0 Å². The molecule has 1 rings (SSSR count). The standard InChI is InChI=1S/C11H15FN2O.ClH/c1-7(2)14-11(15)10-5-9(12)4-3-8(10)6-13;/h3-5,7H,6,13H2,1-2H3,(H,14,15);1H. The van der Waals surface area contributed by atoms with Crippen molar-refractivity contribution in [3.05, 3.63) is 35.1 Å². The summed E-state index contributed by atoms with van der Waals surface area (Å²) in [6.45, 7) is 3.92. The van der Waals surface area contributed by atoms with Crippen LogP contribution < -0.4 is 11.1 Å². The zero-order valence-electron chi connectivity index (χ0n) is 9.29. The Morgan fingerprint density at radius 2 is 2.12 bits per heavy atom. The lowest BCUT2D eigenvalue weighted by Gasteiger charge is -2.11. The predicted octanol–water partition coefficient (Wildman–Crippen LogP) is 1.84. The van der Waals surface area contributed by atoms with Crippen LogP contribution in [-0.2, 0) is 6.54 Å². The maximum Gasteiger partial charge on any atom is 0.251 e. The first-order valence-electron chi connectivity index (χ1n) is 4.84. The Kier molecular flexibility index (Phi) is 6.00. The van der Waals surface area contributed by atoms with Gasteiger partial charge in [0.25, 0.3) is 5.91 Å². The second-order valence-corrected chi connectivity index (χ2v) is 3.63. The fraction of sp³-hybridized carbons (Fsp3) is 0.364. The highest BCUT2D eigenvalue weighted by Crippen LogP contribution is 2.11. The Bertz CT molecular complexity index is 369. The lowest BCUT2D eigenvalue weighted by molar-refractivity contribution is 0.0941. The fourth-order valence-electron chi connectivity index (χ4n) is 1.28. The first kappa shape index (κ1) is 14.9. The third-order valence-corrected chi connectivity index (χ3v) is 1.96. The van der Waals surface area contributed by atoms with Crippen molar-refractivity contribution in [2.45, 2.75) is 26.4 Å². The smallest absolute Gasteiger partial charge is 0.251 e. The number of rotatable bonds is 3. The van der Waals surface area contributed by atoms with Crippen molar-refractivity contribution in [1.29, 1.82) is 0 Å². The first-order chi connectivity index (χ1) is 7.04. The van der Waals surface area contributed by atoms with Crippen LogP contribution in [-0.4, -0.2) is 11.9 Å². The summed E-state index contributed by atoms with van der Waals surface area (Å²) >= 11 is 0. The third-order valence-electron chi connectivity index (χ3n) is 1.96. The topological polar surface area (TPSA) is 55.1 Å². The van der Waals surface area contributed by atoms with Crippen LogP contribution in [0, 0.1) is 5.82 Å². The van der Waals surface area contributed by atoms with Crippen LogP contribution >= 0.6 is 12.4 Å².